The molecule has 0 aliphatic heterocycles. The maximum Gasteiger partial charge on any atom is 0.135 e. The molecule has 0 radical (unpaired) electrons. The Balaban J connectivity index is 2.15. The van der Waals surface area contributed by atoms with E-state index in [0.717, 1.165) is 26.1 Å². The second kappa shape index (κ2) is 5.55. The van der Waals surface area contributed by atoms with Crippen LogP contribution in [-0.4, -0.2) is 17.1 Å². The second-order valence-electron chi connectivity index (χ2n) is 3.40. The number of nitrogens with one attached hydrogen (secondary N) is 2. The molecule has 0 saturated heterocycles. The molecule has 1 aromatic carbocycles. The lowest BCUT2D eigenvalue weighted by atomic mass is 10.3. The van der Waals surface area contributed by atoms with E-state index in [-0.39, 0.29) is 0 Å². The van der Waals surface area contributed by atoms with E-state index in [1.807, 2.05) is 12.1 Å². The van der Waals surface area contributed by atoms with E-state index in [2.05, 4.69) is 47.1 Å². The molecule has 0 amide bonds. The Morgan fingerprint density at radius 3 is 2.82 bits per heavy atom. The SMILES string of the molecule is COc1cc(NCc2cnc[nH]2)c(Br)cc1Br. The van der Waals surface area contributed by atoms with Gasteiger partial charge in [-0.05, 0) is 37.9 Å². The van der Waals surface area contributed by atoms with Crippen molar-refractivity contribution in [3.63, 3.8) is 0 Å². The number of rotatable bonds is 4. The molecule has 0 saturated carbocycles. The van der Waals surface area contributed by atoms with Crippen molar-refractivity contribution >= 4 is 37.5 Å². The summed E-state index contributed by atoms with van der Waals surface area (Å²) in [6.07, 6.45) is 3.45. The fourth-order valence-electron chi connectivity index (χ4n) is 1.39. The first kappa shape index (κ1) is 12.4. The molecule has 17 heavy (non-hydrogen) atoms. The molecule has 90 valence electrons. The average Bonchev–Trinajstić information content (AvgIpc) is 2.81. The molecule has 2 N–H and O–H groups in total. The van der Waals surface area contributed by atoms with Crippen LogP contribution in [0.4, 0.5) is 5.69 Å². The number of aromatic nitrogens is 2. The molecule has 1 heterocycles. The molecule has 0 aliphatic carbocycles. The minimum absolute atomic E-state index is 0.684. The number of benzene rings is 1. The van der Waals surface area contributed by atoms with Crippen LogP contribution in [0.3, 0.4) is 0 Å². The van der Waals surface area contributed by atoms with Gasteiger partial charge in [0.1, 0.15) is 5.75 Å². The minimum Gasteiger partial charge on any atom is -0.495 e. The molecule has 2 aromatic rings. The van der Waals surface area contributed by atoms with E-state index < -0.39 is 0 Å². The first-order chi connectivity index (χ1) is 8.20. The minimum atomic E-state index is 0.684. The highest BCUT2D eigenvalue weighted by Gasteiger charge is 2.07. The van der Waals surface area contributed by atoms with Gasteiger partial charge in [0.25, 0.3) is 0 Å². The molecule has 0 atom stereocenters. The highest BCUT2D eigenvalue weighted by Crippen LogP contribution is 2.34. The Kier molecular flexibility index (Phi) is 4.06. The fraction of sp³-hybridized carbons (Fsp3) is 0.182. The summed E-state index contributed by atoms with van der Waals surface area (Å²) in [6, 6.07) is 3.89. The third-order valence-corrected chi connectivity index (χ3v) is 3.54. The third kappa shape index (κ3) is 3.01. The molecule has 0 unspecified atom stereocenters. The summed E-state index contributed by atoms with van der Waals surface area (Å²) in [4.78, 5) is 7.00. The molecule has 6 heteroatoms. The summed E-state index contributed by atoms with van der Waals surface area (Å²) in [5.74, 6) is 0.792. The first-order valence-electron chi connectivity index (χ1n) is 4.95. The van der Waals surface area contributed by atoms with Gasteiger partial charge in [-0.1, -0.05) is 0 Å². The number of H-pyrrole nitrogens is 1. The number of methoxy groups -OCH3 is 1. The average molecular weight is 361 g/mol. The summed E-state index contributed by atoms with van der Waals surface area (Å²) in [5, 5.41) is 3.30. The van der Waals surface area contributed by atoms with E-state index in [4.69, 9.17) is 4.74 Å². The molecule has 0 fully saturated rings. The molecule has 0 bridgehead atoms. The van der Waals surface area contributed by atoms with Crippen molar-refractivity contribution in [2.24, 2.45) is 0 Å². The third-order valence-electron chi connectivity index (χ3n) is 2.27. The van der Waals surface area contributed by atoms with E-state index in [1.165, 1.54) is 0 Å². The molecule has 1 aromatic heterocycles. The van der Waals surface area contributed by atoms with E-state index in [0.29, 0.717) is 6.54 Å². The van der Waals surface area contributed by atoms with Crippen LogP contribution in [0.25, 0.3) is 0 Å². The number of aromatic amines is 1. The van der Waals surface area contributed by atoms with Crippen LogP contribution >= 0.6 is 31.9 Å². The van der Waals surface area contributed by atoms with Gasteiger partial charge in [0.05, 0.1) is 35.8 Å². The zero-order valence-corrected chi connectivity index (χ0v) is 12.3. The molecular formula is C11H11Br2N3O. The monoisotopic (exact) mass is 359 g/mol. The summed E-state index contributed by atoms with van der Waals surface area (Å²) >= 11 is 6.93. The van der Waals surface area contributed by atoms with Crippen LogP contribution in [0.15, 0.2) is 33.6 Å². The van der Waals surface area contributed by atoms with Gasteiger partial charge in [-0.3, -0.25) is 0 Å². The van der Waals surface area contributed by atoms with Crippen molar-refractivity contribution in [1.82, 2.24) is 9.97 Å². The number of hydrogen-bond donors (Lipinski definition) is 2. The Bertz CT molecular complexity index is 500. The lowest BCUT2D eigenvalue weighted by Gasteiger charge is -2.11. The number of ether oxygens (including phenoxy) is 1. The second-order valence-corrected chi connectivity index (χ2v) is 5.11. The van der Waals surface area contributed by atoms with Crippen molar-refractivity contribution in [2.75, 3.05) is 12.4 Å². The summed E-state index contributed by atoms with van der Waals surface area (Å²) in [6.45, 7) is 0.684. The maximum absolute atomic E-state index is 5.25. The molecule has 4 nitrogen and oxygen atoms in total. The number of nitrogens with zero attached hydrogens (tertiary/aromatic N) is 1. The summed E-state index contributed by atoms with van der Waals surface area (Å²) < 4.78 is 7.14. The van der Waals surface area contributed by atoms with Crippen molar-refractivity contribution in [3.8, 4) is 5.75 Å². The van der Waals surface area contributed by atoms with Crippen LogP contribution in [0.5, 0.6) is 5.75 Å². The predicted octanol–water partition coefficient (Wildman–Crippen LogP) is 3.56. The topological polar surface area (TPSA) is 49.9 Å². The smallest absolute Gasteiger partial charge is 0.135 e. The lowest BCUT2D eigenvalue weighted by molar-refractivity contribution is 0.412. The fourth-order valence-corrected chi connectivity index (χ4v) is 2.69. The van der Waals surface area contributed by atoms with E-state index in [9.17, 15) is 0 Å². The standard InChI is InChI=1S/C11H11Br2N3O/c1-17-11-3-10(8(12)2-9(11)13)15-5-7-4-14-6-16-7/h2-4,6,15H,5H2,1H3,(H,14,16). The number of anilines is 1. The summed E-state index contributed by atoms with van der Waals surface area (Å²) in [7, 11) is 1.65. The van der Waals surface area contributed by atoms with E-state index in [1.54, 1.807) is 19.6 Å². The van der Waals surface area contributed by atoms with Crippen LogP contribution in [0.2, 0.25) is 0 Å². The number of imidazole rings is 1. The van der Waals surface area contributed by atoms with Gasteiger partial charge >= 0.3 is 0 Å². The largest absolute Gasteiger partial charge is 0.495 e. The molecule has 0 aliphatic rings. The van der Waals surface area contributed by atoms with Gasteiger partial charge in [0.2, 0.25) is 0 Å². The first-order valence-corrected chi connectivity index (χ1v) is 6.53. The highest BCUT2D eigenvalue weighted by atomic mass is 79.9. The van der Waals surface area contributed by atoms with Crippen LogP contribution in [-0.2, 0) is 6.54 Å². The van der Waals surface area contributed by atoms with Crippen LogP contribution in [0, 0.1) is 0 Å². The van der Waals surface area contributed by atoms with Gasteiger partial charge in [-0.25, -0.2) is 4.98 Å². The van der Waals surface area contributed by atoms with E-state index >= 15 is 0 Å². The van der Waals surface area contributed by atoms with Gasteiger partial charge in [0, 0.05) is 16.7 Å². The number of halogens is 2. The van der Waals surface area contributed by atoms with Crippen molar-refractivity contribution < 1.29 is 4.74 Å². The predicted molar refractivity (Wildman–Crippen MR) is 74.3 cm³/mol. The van der Waals surface area contributed by atoms with Crippen molar-refractivity contribution in [2.45, 2.75) is 6.54 Å². The van der Waals surface area contributed by atoms with Crippen LogP contribution < -0.4 is 10.1 Å². The molecule has 0 spiro atoms. The summed E-state index contributed by atoms with van der Waals surface area (Å²) in [5.41, 5.74) is 2.00. The normalized spacial score (nSPS) is 10.3. The number of hydrogen-bond acceptors (Lipinski definition) is 3. The maximum atomic E-state index is 5.25. The Morgan fingerprint density at radius 1 is 1.35 bits per heavy atom. The quantitative estimate of drug-likeness (QED) is 0.876. The zero-order valence-electron chi connectivity index (χ0n) is 9.13. The molecule has 2 rings (SSSR count). The van der Waals surface area contributed by atoms with Gasteiger partial charge < -0.3 is 15.0 Å². The lowest BCUT2D eigenvalue weighted by Crippen LogP contribution is -2.01. The van der Waals surface area contributed by atoms with Gasteiger partial charge in [-0.2, -0.15) is 0 Å². The van der Waals surface area contributed by atoms with Crippen LogP contribution in [0.1, 0.15) is 5.69 Å². The Morgan fingerprint density at radius 2 is 2.18 bits per heavy atom. The highest BCUT2D eigenvalue weighted by molar-refractivity contribution is 9.11. The Labute approximate surface area is 116 Å². The van der Waals surface area contributed by atoms with Crippen molar-refractivity contribution in [1.29, 1.82) is 0 Å². The van der Waals surface area contributed by atoms with Crippen molar-refractivity contribution in [3.05, 3.63) is 39.3 Å². The zero-order chi connectivity index (χ0) is 12.3. The van der Waals surface area contributed by atoms with Gasteiger partial charge in [0.15, 0.2) is 0 Å². The Hall–Kier alpha value is -1.01. The molecular weight excluding hydrogens is 350 g/mol. The van der Waals surface area contributed by atoms with Gasteiger partial charge in [-0.15, -0.1) is 0 Å².